The molecule has 0 saturated carbocycles. The number of carbonyl (C=O) groups excluding carboxylic acids is 1. The number of carboxylic acids is 1. The van der Waals surface area contributed by atoms with Crippen LogP contribution in [-0.4, -0.2) is 60.1 Å². The van der Waals surface area contributed by atoms with Crippen LogP contribution in [-0.2, 0) is 9.59 Å². The van der Waals surface area contributed by atoms with Crippen LogP contribution in [0.5, 0.6) is 0 Å². The molecule has 0 bridgehead atoms. The van der Waals surface area contributed by atoms with Crippen LogP contribution in [0, 0.1) is 17.7 Å². The quantitative estimate of drug-likeness (QED) is 0.795. The number of likely N-dealkylation sites (N-methyl/N-ethyl adjacent to an activating group) is 1. The smallest absolute Gasteiger partial charge is 0.394 e. The van der Waals surface area contributed by atoms with Crippen LogP contribution >= 0.6 is 11.6 Å². The topological polar surface area (TPSA) is 60.9 Å². The Morgan fingerprint density at radius 1 is 1.31 bits per heavy atom. The van der Waals surface area contributed by atoms with E-state index in [9.17, 15) is 27.2 Å². The molecule has 5 nitrogen and oxygen atoms in total. The van der Waals surface area contributed by atoms with Crippen LogP contribution in [0.15, 0.2) is 18.2 Å². The Hall–Kier alpha value is -1.87. The van der Waals surface area contributed by atoms with Gasteiger partial charge in [-0.15, -0.1) is 0 Å². The lowest BCUT2D eigenvalue weighted by Crippen LogP contribution is -2.40. The zero-order valence-electron chi connectivity index (χ0n) is 13.9. The molecule has 1 fully saturated rings. The van der Waals surface area contributed by atoms with Crippen LogP contribution in [0.1, 0.15) is 11.6 Å². The lowest BCUT2D eigenvalue weighted by atomic mass is 9.96. The summed E-state index contributed by atoms with van der Waals surface area (Å²) in [6, 6.07) is 2.53. The van der Waals surface area contributed by atoms with Crippen molar-refractivity contribution in [2.45, 2.75) is 12.2 Å². The third-order valence-electron chi connectivity index (χ3n) is 4.39. The molecule has 1 aliphatic rings. The number of carboxylic acid groups (broad SMARTS) is 1. The van der Waals surface area contributed by atoms with Crippen LogP contribution in [0.3, 0.4) is 0 Å². The summed E-state index contributed by atoms with van der Waals surface area (Å²) in [6.45, 7) is -1.40. The molecule has 1 amide bonds. The molecular formula is C16H17ClF4N2O3. The lowest BCUT2D eigenvalue weighted by molar-refractivity contribution is -0.188. The molecule has 2 rings (SSSR count). The van der Waals surface area contributed by atoms with Gasteiger partial charge in [-0.25, -0.2) is 4.39 Å². The molecule has 144 valence electrons. The molecule has 0 spiro atoms. The second-order valence-corrected chi connectivity index (χ2v) is 6.74. The summed E-state index contributed by atoms with van der Waals surface area (Å²) in [5, 5.41) is 9.03. The van der Waals surface area contributed by atoms with E-state index < -0.39 is 54.8 Å². The second-order valence-electron chi connectivity index (χ2n) is 6.34. The second kappa shape index (κ2) is 7.40. The van der Waals surface area contributed by atoms with Crippen molar-refractivity contribution >= 4 is 23.5 Å². The van der Waals surface area contributed by atoms with Gasteiger partial charge in [-0.1, -0.05) is 17.7 Å². The molecule has 3 atom stereocenters. The fourth-order valence-electron chi connectivity index (χ4n) is 3.11. The van der Waals surface area contributed by atoms with E-state index in [1.807, 2.05) is 0 Å². The van der Waals surface area contributed by atoms with Gasteiger partial charge in [0, 0.05) is 23.7 Å². The molecule has 0 aromatic heterocycles. The van der Waals surface area contributed by atoms with Crippen molar-refractivity contribution in [2.75, 3.05) is 27.2 Å². The first-order valence-electron chi connectivity index (χ1n) is 7.63. The number of halogens is 5. The predicted octanol–water partition coefficient (Wildman–Crippen LogP) is 2.80. The molecule has 1 aliphatic heterocycles. The molecule has 1 heterocycles. The number of hydrogen-bond donors (Lipinski definition) is 1. The van der Waals surface area contributed by atoms with Crippen LogP contribution in [0.2, 0.25) is 5.02 Å². The van der Waals surface area contributed by atoms with Crippen molar-refractivity contribution in [1.29, 1.82) is 0 Å². The Balaban J connectivity index is 2.38. The first kappa shape index (κ1) is 20.4. The number of likely N-dealkylation sites (tertiary alicyclic amines) is 1. The van der Waals surface area contributed by atoms with Gasteiger partial charge in [0.2, 0.25) is 5.91 Å². The summed E-state index contributed by atoms with van der Waals surface area (Å²) >= 11 is 5.99. The summed E-state index contributed by atoms with van der Waals surface area (Å²) < 4.78 is 53.6. The minimum atomic E-state index is -4.76. The lowest BCUT2D eigenvalue weighted by Gasteiger charge is -2.29. The van der Waals surface area contributed by atoms with E-state index in [4.69, 9.17) is 16.7 Å². The zero-order valence-corrected chi connectivity index (χ0v) is 14.7. The summed E-state index contributed by atoms with van der Waals surface area (Å²) in [7, 11) is 2.91. The van der Waals surface area contributed by atoms with Gasteiger partial charge in [0.05, 0.1) is 11.8 Å². The van der Waals surface area contributed by atoms with Crippen molar-refractivity contribution in [2.24, 2.45) is 11.8 Å². The maximum atomic E-state index is 14.2. The molecule has 0 aliphatic carbocycles. The standard InChI is InChI=1S/C16H17ClF4N2O3/c1-22(2)13(12-10(17)4-3-5-11(12)18)14(24)23-6-8(15(25)26)9(7-23)16(19,20)21/h3-5,8-9,13H,6-7H2,1-2H3,(H,25,26)/t8-,9-,13?/m1/s1. The van der Waals surface area contributed by atoms with Crippen molar-refractivity contribution in [3.8, 4) is 0 Å². The Bertz CT molecular complexity index is 691. The van der Waals surface area contributed by atoms with E-state index in [2.05, 4.69) is 0 Å². The molecule has 26 heavy (non-hydrogen) atoms. The van der Waals surface area contributed by atoms with Crippen molar-refractivity contribution in [3.05, 3.63) is 34.6 Å². The third-order valence-corrected chi connectivity index (χ3v) is 4.72. The van der Waals surface area contributed by atoms with E-state index in [-0.39, 0.29) is 10.6 Å². The first-order chi connectivity index (χ1) is 11.9. The number of rotatable bonds is 4. The summed E-state index contributed by atoms with van der Waals surface area (Å²) in [6.07, 6.45) is -4.76. The fraction of sp³-hybridized carbons (Fsp3) is 0.500. The molecule has 1 N–H and O–H groups in total. The van der Waals surface area contributed by atoms with Crippen LogP contribution < -0.4 is 0 Å². The molecule has 1 saturated heterocycles. The Morgan fingerprint density at radius 3 is 2.35 bits per heavy atom. The predicted molar refractivity (Wildman–Crippen MR) is 85.1 cm³/mol. The number of amides is 1. The van der Waals surface area contributed by atoms with E-state index in [1.54, 1.807) is 0 Å². The maximum Gasteiger partial charge on any atom is 0.394 e. The average molecular weight is 397 g/mol. The highest BCUT2D eigenvalue weighted by molar-refractivity contribution is 6.31. The Morgan fingerprint density at radius 2 is 1.92 bits per heavy atom. The van der Waals surface area contributed by atoms with Gasteiger partial charge < -0.3 is 10.0 Å². The number of aliphatic carboxylic acids is 1. The fourth-order valence-corrected chi connectivity index (χ4v) is 3.38. The van der Waals surface area contributed by atoms with E-state index in [0.717, 1.165) is 11.0 Å². The minimum Gasteiger partial charge on any atom is -0.481 e. The van der Waals surface area contributed by atoms with Gasteiger partial charge in [-0.2, -0.15) is 13.2 Å². The highest BCUT2D eigenvalue weighted by Crippen LogP contribution is 2.39. The molecule has 1 unspecified atom stereocenters. The summed E-state index contributed by atoms with van der Waals surface area (Å²) in [5.41, 5.74) is -0.161. The van der Waals surface area contributed by atoms with Crippen molar-refractivity contribution in [1.82, 2.24) is 9.80 Å². The Kier molecular flexibility index (Phi) is 5.82. The largest absolute Gasteiger partial charge is 0.481 e. The highest BCUT2D eigenvalue weighted by atomic mass is 35.5. The van der Waals surface area contributed by atoms with Crippen molar-refractivity contribution < 1.29 is 32.3 Å². The normalized spacial score (nSPS) is 21.9. The molecular weight excluding hydrogens is 380 g/mol. The number of hydrogen-bond acceptors (Lipinski definition) is 3. The van der Waals surface area contributed by atoms with Gasteiger partial charge in [0.25, 0.3) is 0 Å². The summed E-state index contributed by atoms with van der Waals surface area (Å²) in [5.74, 6) is -7.18. The van der Waals surface area contributed by atoms with E-state index in [1.165, 1.54) is 31.1 Å². The highest BCUT2D eigenvalue weighted by Gasteiger charge is 2.54. The van der Waals surface area contributed by atoms with Gasteiger partial charge in [0.1, 0.15) is 11.9 Å². The summed E-state index contributed by atoms with van der Waals surface area (Å²) in [4.78, 5) is 26.1. The minimum absolute atomic E-state index is 0.0431. The molecule has 1 aromatic carbocycles. The molecule has 0 radical (unpaired) electrons. The molecule has 1 aromatic rings. The maximum absolute atomic E-state index is 14.2. The average Bonchev–Trinajstić information content (AvgIpc) is 2.96. The van der Waals surface area contributed by atoms with Crippen LogP contribution in [0.25, 0.3) is 0 Å². The Labute approximate surface area is 152 Å². The monoisotopic (exact) mass is 396 g/mol. The van der Waals surface area contributed by atoms with Gasteiger partial charge >= 0.3 is 12.1 Å². The SMILES string of the molecule is CN(C)C(C(=O)N1C[C@@H](C(F)(F)F)[C@H](C(=O)O)C1)c1c(F)cccc1Cl. The number of alkyl halides is 3. The molecule has 10 heteroatoms. The van der Waals surface area contributed by atoms with E-state index >= 15 is 0 Å². The van der Waals surface area contributed by atoms with E-state index in [0.29, 0.717) is 0 Å². The number of carbonyl (C=O) groups is 2. The van der Waals surface area contributed by atoms with Gasteiger partial charge in [-0.3, -0.25) is 14.5 Å². The first-order valence-corrected chi connectivity index (χ1v) is 8.01. The van der Waals surface area contributed by atoms with Gasteiger partial charge in [-0.05, 0) is 26.2 Å². The zero-order chi connectivity index (χ0) is 19.8. The van der Waals surface area contributed by atoms with Gasteiger partial charge in [0.15, 0.2) is 0 Å². The van der Waals surface area contributed by atoms with Crippen molar-refractivity contribution in [3.63, 3.8) is 0 Å². The number of nitrogens with zero attached hydrogens (tertiary/aromatic N) is 2. The third kappa shape index (κ3) is 3.93. The number of benzene rings is 1. The van der Waals surface area contributed by atoms with Crippen LogP contribution in [0.4, 0.5) is 17.6 Å².